The summed E-state index contributed by atoms with van der Waals surface area (Å²) in [6, 6.07) is 7.42. The number of benzene rings is 1. The van der Waals surface area contributed by atoms with Gasteiger partial charge in [-0.2, -0.15) is 0 Å². The van der Waals surface area contributed by atoms with E-state index in [1.165, 1.54) is 11.3 Å². The topological polar surface area (TPSA) is 87.2 Å². The fourth-order valence-corrected chi connectivity index (χ4v) is 3.71. The van der Waals surface area contributed by atoms with Gasteiger partial charge >= 0.3 is 0 Å². The second kappa shape index (κ2) is 11.6. The molecular weight excluding hydrogens is 398 g/mol. The molecule has 0 unspecified atom stereocenters. The van der Waals surface area contributed by atoms with Crippen LogP contribution in [0.2, 0.25) is 0 Å². The van der Waals surface area contributed by atoms with Gasteiger partial charge in [-0.3, -0.25) is 14.9 Å². The molecule has 164 valence electrons. The maximum absolute atomic E-state index is 12.9. The van der Waals surface area contributed by atoms with Gasteiger partial charge in [0.2, 0.25) is 16.9 Å². The van der Waals surface area contributed by atoms with Crippen LogP contribution in [0.1, 0.15) is 52.9 Å². The smallest absolute Gasteiger partial charge is 0.249 e. The second-order valence-corrected chi connectivity index (χ2v) is 8.71. The van der Waals surface area contributed by atoms with Crippen LogP contribution in [-0.4, -0.2) is 42.1 Å². The average Bonchev–Trinajstić information content (AvgIpc) is 3.20. The Morgan fingerprint density at radius 2 is 1.80 bits per heavy atom. The molecule has 0 aliphatic carbocycles. The number of carbonyl (C=O) groups excluding carboxylic acids is 2. The molecule has 0 spiro atoms. The summed E-state index contributed by atoms with van der Waals surface area (Å²) >= 11 is 1.32. The van der Waals surface area contributed by atoms with Gasteiger partial charge in [-0.1, -0.05) is 51.4 Å². The van der Waals surface area contributed by atoms with Gasteiger partial charge in [0.15, 0.2) is 0 Å². The molecule has 0 saturated carbocycles. The molecule has 0 bridgehead atoms. The van der Waals surface area contributed by atoms with E-state index in [4.69, 9.17) is 0 Å². The predicted octanol–water partition coefficient (Wildman–Crippen LogP) is 4.32. The predicted molar refractivity (Wildman–Crippen MR) is 124 cm³/mol. The standard InChI is InChI=1S/C22H33N5O2S/c1-6-8-9-10-18(28)23-19(15(3)7-2)20(29)24-22-26-25-21(30-22)16-11-13-17(14-12-16)27(4)5/h11-15,19H,6-10H2,1-5H3,(H,23,28)(H,24,26,29)/t15-,19+/m0/s1. The molecular formula is C22H33N5O2S. The maximum atomic E-state index is 12.9. The third-order valence-electron chi connectivity index (χ3n) is 5.11. The first-order valence-corrected chi connectivity index (χ1v) is 11.4. The minimum absolute atomic E-state index is 0.0195. The zero-order valence-corrected chi connectivity index (χ0v) is 19.4. The van der Waals surface area contributed by atoms with Crippen molar-refractivity contribution in [1.82, 2.24) is 15.5 Å². The van der Waals surface area contributed by atoms with Crippen LogP contribution in [0.15, 0.2) is 24.3 Å². The summed E-state index contributed by atoms with van der Waals surface area (Å²) in [7, 11) is 3.98. The van der Waals surface area contributed by atoms with E-state index >= 15 is 0 Å². The van der Waals surface area contributed by atoms with Crippen LogP contribution in [-0.2, 0) is 9.59 Å². The molecule has 1 aromatic heterocycles. The molecule has 2 N–H and O–H groups in total. The van der Waals surface area contributed by atoms with Gasteiger partial charge in [0, 0.05) is 31.8 Å². The number of amides is 2. The number of carbonyl (C=O) groups is 2. The van der Waals surface area contributed by atoms with Crippen LogP contribution in [0.5, 0.6) is 0 Å². The van der Waals surface area contributed by atoms with Crippen LogP contribution in [0.25, 0.3) is 10.6 Å². The molecule has 30 heavy (non-hydrogen) atoms. The molecule has 0 saturated heterocycles. The van der Waals surface area contributed by atoms with Crippen LogP contribution < -0.4 is 15.5 Å². The fourth-order valence-electron chi connectivity index (χ4n) is 2.96. The number of nitrogens with one attached hydrogen (secondary N) is 2. The average molecular weight is 432 g/mol. The Bertz CT molecular complexity index is 819. The highest BCUT2D eigenvalue weighted by atomic mass is 32.1. The van der Waals surface area contributed by atoms with E-state index in [1.54, 1.807) is 0 Å². The lowest BCUT2D eigenvalue weighted by atomic mass is 9.98. The number of aromatic nitrogens is 2. The van der Waals surface area contributed by atoms with E-state index in [1.807, 2.05) is 57.1 Å². The number of hydrogen-bond acceptors (Lipinski definition) is 6. The Labute approximate surface area is 183 Å². The first-order valence-electron chi connectivity index (χ1n) is 10.6. The van der Waals surface area contributed by atoms with E-state index in [0.717, 1.165) is 41.9 Å². The summed E-state index contributed by atoms with van der Waals surface area (Å²) in [5.74, 6) is -0.312. The maximum Gasteiger partial charge on any atom is 0.249 e. The Kier molecular flexibility index (Phi) is 9.23. The molecule has 8 heteroatoms. The molecule has 2 rings (SSSR count). The number of rotatable bonds is 11. The zero-order valence-electron chi connectivity index (χ0n) is 18.6. The van der Waals surface area contributed by atoms with E-state index in [9.17, 15) is 9.59 Å². The van der Waals surface area contributed by atoms with Gasteiger partial charge in [-0.25, -0.2) is 0 Å². The van der Waals surface area contributed by atoms with Gasteiger partial charge < -0.3 is 10.2 Å². The molecule has 2 aromatic rings. The minimum Gasteiger partial charge on any atom is -0.378 e. The molecule has 0 aliphatic rings. The highest BCUT2D eigenvalue weighted by molar-refractivity contribution is 7.18. The van der Waals surface area contributed by atoms with Gasteiger partial charge in [0.1, 0.15) is 11.0 Å². The van der Waals surface area contributed by atoms with Crippen LogP contribution in [0, 0.1) is 5.92 Å². The monoisotopic (exact) mass is 431 g/mol. The summed E-state index contributed by atoms with van der Waals surface area (Å²) < 4.78 is 0. The molecule has 7 nitrogen and oxygen atoms in total. The van der Waals surface area contributed by atoms with E-state index in [0.29, 0.717) is 11.6 Å². The van der Waals surface area contributed by atoms with Crippen molar-refractivity contribution in [3.63, 3.8) is 0 Å². The van der Waals surface area contributed by atoms with E-state index in [2.05, 4.69) is 27.8 Å². The van der Waals surface area contributed by atoms with Gasteiger partial charge in [-0.15, -0.1) is 10.2 Å². The SMILES string of the molecule is CCCCCC(=O)N[C@@H](C(=O)Nc1nnc(-c2ccc(N(C)C)cc2)s1)[C@@H](C)CC. The zero-order chi connectivity index (χ0) is 22.1. The number of hydrogen-bond donors (Lipinski definition) is 2. The molecule has 0 radical (unpaired) electrons. The van der Waals surface area contributed by atoms with Crippen molar-refractivity contribution in [3.05, 3.63) is 24.3 Å². The van der Waals surface area contributed by atoms with Crippen molar-refractivity contribution in [2.24, 2.45) is 5.92 Å². The van der Waals surface area contributed by atoms with Crippen molar-refractivity contribution in [2.45, 2.75) is 58.9 Å². The van der Waals surface area contributed by atoms with Crippen molar-refractivity contribution in [2.75, 3.05) is 24.3 Å². The Morgan fingerprint density at radius 1 is 1.10 bits per heavy atom. The minimum atomic E-state index is -0.587. The lowest BCUT2D eigenvalue weighted by molar-refractivity contribution is -0.127. The fraction of sp³-hybridized carbons (Fsp3) is 0.545. The van der Waals surface area contributed by atoms with E-state index in [-0.39, 0.29) is 17.7 Å². The molecule has 0 fully saturated rings. The third-order valence-corrected chi connectivity index (χ3v) is 5.99. The second-order valence-electron chi connectivity index (χ2n) is 7.73. The van der Waals surface area contributed by atoms with Gasteiger partial charge in [0.05, 0.1) is 0 Å². The number of unbranched alkanes of at least 4 members (excludes halogenated alkanes) is 2. The lowest BCUT2D eigenvalue weighted by Crippen LogP contribution is -2.47. The Balaban J connectivity index is 2.04. The highest BCUT2D eigenvalue weighted by Crippen LogP contribution is 2.28. The molecule has 1 heterocycles. The van der Waals surface area contributed by atoms with Crippen molar-refractivity contribution < 1.29 is 9.59 Å². The molecule has 1 aromatic carbocycles. The Morgan fingerprint density at radius 3 is 2.40 bits per heavy atom. The number of anilines is 2. The normalized spacial score (nSPS) is 12.8. The molecule has 2 amide bonds. The molecule has 0 aliphatic heterocycles. The van der Waals surface area contributed by atoms with Crippen LogP contribution >= 0.6 is 11.3 Å². The first kappa shape index (κ1) is 23.8. The Hall–Kier alpha value is -2.48. The van der Waals surface area contributed by atoms with Gasteiger partial charge in [-0.05, 0) is 36.6 Å². The van der Waals surface area contributed by atoms with Crippen LogP contribution in [0.4, 0.5) is 10.8 Å². The first-order chi connectivity index (χ1) is 14.3. The summed E-state index contributed by atoms with van der Waals surface area (Å²) in [5, 5.41) is 15.2. The van der Waals surface area contributed by atoms with Crippen molar-refractivity contribution >= 4 is 34.0 Å². The highest BCUT2D eigenvalue weighted by Gasteiger charge is 2.26. The third kappa shape index (κ3) is 6.79. The summed E-state index contributed by atoms with van der Waals surface area (Å²) in [4.78, 5) is 27.1. The quantitative estimate of drug-likeness (QED) is 0.517. The van der Waals surface area contributed by atoms with Gasteiger partial charge in [0.25, 0.3) is 0 Å². The summed E-state index contributed by atoms with van der Waals surface area (Å²) in [6.07, 6.45) is 4.13. The van der Waals surface area contributed by atoms with Crippen molar-refractivity contribution in [1.29, 1.82) is 0 Å². The lowest BCUT2D eigenvalue weighted by Gasteiger charge is -2.23. The summed E-state index contributed by atoms with van der Waals surface area (Å²) in [5.41, 5.74) is 2.05. The number of nitrogens with zero attached hydrogens (tertiary/aromatic N) is 3. The van der Waals surface area contributed by atoms with E-state index < -0.39 is 6.04 Å². The van der Waals surface area contributed by atoms with Crippen LogP contribution in [0.3, 0.4) is 0 Å². The largest absolute Gasteiger partial charge is 0.378 e. The van der Waals surface area contributed by atoms with Crippen molar-refractivity contribution in [3.8, 4) is 10.6 Å². The summed E-state index contributed by atoms with van der Waals surface area (Å²) in [6.45, 7) is 6.07. The molecule has 2 atom stereocenters.